The van der Waals surface area contributed by atoms with Crippen molar-refractivity contribution in [1.29, 1.82) is 0 Å². The highest BCUT2D eigenvalue weighted by Gasteiger charge is 2.19. The van der Waals surface area contributed by atoms with Crippen molar-refractivity contribution >= 4 is 29.2 Å². The number of hydrogen-bond acceptors (Lipinski definition) is 6. The van der Waals surface area contributed by atoms with Crippen LogP contribution >= 0.6 is 11.8 Å². The van der Waals surface area contributed by atoms with E-state index in [4.69, 9.17) is 9.72 Å². The van der Waals surface area contributed by atoms with Gasteiger partial charge in [-0.1, -0.05) is 13.8 Å². The monoisotopic (exact) mass is 415 g/mol. The van der Waals surface area contributed by atoms with E-state index in [2.05, 4.69) is 24.1 Å². The molecular weight excluding hydrogens is 386 g/mol. The van der Waals surface area contributed by atoms with E-state index in [1.807, 2.05) is 12.1 Å². The molecule has 2 aromatic rings. The molecule has 0 bridgehead atoms. The average Bonchev–Trinajstić information content (AvgIpc) is 3.21. The summed E-state index contributed by atoms with van der Waals surface area (Å²) in [4.78, 5) is 19.8. The van der Waals surface area contributed by atoms with Crippen molar-refractivity contribution in [3.63, 3.8) is 0 Å². The van der Waals surface area contributed by atoms with Crippen LogP contribution in [0.3, 0.4) is 0 Å². The van der Waals surface area contributed by atoms with Crippen LogP contribution < -0.4 is 15.0 Å². The highest BCUT2D eigenvalue weighted by atomic mass is 32.2. The molecule has 0 aliphatic carbocycles. The zero-order valence-electron chi connectivity index (χ0n) is 17.3. The third-order valence-corrected chi connectivity index (χ3v) is 6.00. The van der Waals surface area contributed by atoms with Gasteiger partial charge in [0.1, 0.15) is 11.5 Å². The molecule has 1 amide bonds. The number of amides is 1. The molecule has 0 radical (unpaired) electrons. The Balaban J connectivity index is 1.76. The van der Waals surface area contributed by atoms with Crippen molar-refractivity contribution in [3.8, 4) is 11.5 Å². The summed E-state index contributed by atoms with van der Waals surface area (Å²) in [5.74, 6) is 2.91. The molecule has 1 saturated heterocycles. The number of nitrogens with zero attached hydrogens (tertiary/aromatic N) is 2. The Hall–Kier alpha value is -2.41. The van der Waals surface area contributed by atoms with Gasteiger partial charge < -0.3 is 20.1 Å². The predicted molar refractivity (Wildman–Crippen MR) is 118 cm³/mol. The number of anilines is 2. The van der Waals surface area contributed by atoms with E-state index in [1.54, 1.807) is 23.9 Å². The summed E-state index contributed by atoms with van der Waals surface area (Å²) in [5, 5.41) is 13.8. The number of ether oxygens (including phenoxy) is 1. The maximum Gasteiger partial charge on any atom is 0.228 e. The number of rotatable bonds is 8. The van der Waals surface area contributed by atoms with Crippen LogP contribution in [0.4, 0.5) is 11.5 Å². The van der Waals surface area contributed by atoms with Crippen LogP contribution in [0.15, 0.2) is 35.4 Å². The fourth-order valence-corrected chi connectivity index (χ4v) is 4.09. The van der Waals surface area contributed by atoms with Gasteiger partial charge in [-0.2, -0.15) is 0 Å². The Morgan fingerprint density at radius 2 is 2.03 bits per heavy atom. The fourth-order valence-electron chi connectivity index (χ4n) is 3.27. The minimum absolute atomic E-state index is 0.0816. The van der Waals surface area contributed by atoms with Crippen LogP contribution in [0.1, 0.15) is 32.3 Å². The van der Waals surface area contributed by atoms with E-state index in [-0.39, 0.29) is 18.1 Å². The number of nitrogens with one attached hydrogen (secondary N) is 1. The molecule has 0 saturated carbocycles. The first-order chi connectivity index (χ1) is 13.9. The van der Waals surface area contributed by atoms with Crippen LogP contribution in [0, 0.1) is 5.92 Å². The highest BCUT2D eigenvalue weighted by Crippen LogP contribution is 2.31. The molecule has 0 unspecified atom stereocenters. The predicted octanol–water partition coefficient (Wildman–Crippen LogP) is 4.33. The fraction of sp³-hybridized carbons (Fsp3) is 0.455. The van der Waals surface area contributed by atoms with Gasteiger partial charge in [0.25, 0.3) is 0 Å². The lowest BCUT2D eigenvalue weighted by Gasteiger charge is -2.21. The van der Waals surface area contributed by atoms with Crippen molar-refractivity contribution in [2.75, 3.05) is 36.2 Å². The molecule has 2 N–H and O–H groups in total. The summed E-state index contributed by atoms with van der Waals surface area (Å²) in [6.45, 7) is 6.30. The van der Waals surface area contributed by atoms with Gasteiger partial charge in [0.05, 0.1) is 24.2 Å². The first-order valence-electron chi connectivity index (χ1n) is 10.00. The molecule has 1 aliphatic rings. The molecular formula is C22H29N3O3S. The zero-order chi connectivity index (χ0) is 20.8. The van der Waals surface area contributed by atoms with Gasteiger partial charge >= 0.3 is 0 Å². The van der Waals surface area contributed by atoms with Crippen molar-refractivity contribution in [3.05, 3.63) is 35.9 Å². The topological polar surface area (TPSA) is 74.7 Å². The number of aromatic hydroxyl groups is 1. The minimum Gasteiger partial charge on any atom is -0.508 e. The van der Waals surface area contributed by atoms with Crippen molar-refractivity contribution in [1.82, 2.24) is 4.98 Å². The normalized spacial score (nSPS) is 13.7. The summed E-state index contributed by atoms with van der Waals surface area (Å²) in [5.41, 5.74) is 1.43. The van der Waals surface area contributed by atoms with E-state index in [0.717, 1.165) is 48.2 Å². The largest absolute Gasteiger partial charge is 0.508 e. The van der Waals surface area contributed by atoms with Gasteiger partial charge in [-0.3, -0.25) is 4.79 Å². The molecule has 6 nitrogen and oxygen atoms in total. The molecule has 29 heavy (non-hydrogen) atoms. The lowest BCUT2D eigenvalue weighted by atomic mass is 10.1. The molecule has 0 atom stereocenters. The number of benzene rings is 1. The first kappa shape index (κ1) is 21.3. The molecule has 156 valence electrons. The lowest BCUT2D eigenvalue weighted by molar-refractivity contribution is -0.115. The van der Waals surface area contributed by atoms with Gasteiger partial charge in [-0.15, -0.1) is 11.8 Å². The Morgan fingerprint density at radius 3 is 2.72 bits per heavy atom. The van der Waals surface area contributed by atoms with Crippen molar-refractivity contribution < 1.29 is 14.6 Å². The Kier molecular flexibility index (Phi) is 7.25. The van der Waals surface area contributed by atoms with Crippen LogP contribution in [-0.4, -0.2) is 41.9 Å². The Labute approximate surface area is 176 Å². The second-order valence-electron chi connectivity index (χ2n) is 7.68. The first-order valence-corrected chi connectivity index (χ1v) is 11.0. The SMILES string of the molecule is COc1cc(O)cc(CC(=O)Nc2ccc(SCC(C)C)nc2N2CCCC2)c1. The van der Waals surface area contributed by atoms with Gasteiger partial charge in [0, 0.05) is 24.9 Å². The molecule has 3 rings (SSSR count). The molecule has 1 aromatic heterocycles. The quantitative estimate of drug-likeness (QED) is 0.625. The van der Waals surface area contributed by atoms with E-state index < -0.39 is 0 Å². The summed E-state index contributed by atoms with van der Waals surface area (Å²) in [6, 6.07) is 8.77. The van der Waals surface area contributed by atoms with Gasteiger partial charge in [-0.05, 0) is 48.6 Å². The number of hydrogen-bond donors (Lipinski definition) is 2. The van der Waals surface area contributed by atoms with E-state index >= 15 is 0 Å². The number of aromatic nitrogens is 1. The van der Waals surface area contributed by atoms with E-state index in [9.17, 15) is 9.90 Å². The Bertz CT molecular complexity index is 851. The van der Waals surface area contributed by atoms with Crippen LogP contribution in [0.25, 0.3) is 0 Å². The number of carbonyl (C=O) groups excluding carboxylic acids is 1. The summed E-state index contributed by atoms with van der Waals surface area (Å²) < 4.78 is 5.16. The third-order valence-electron chi connectivity index (χ3n) is 4.65. The third kappa shape index (κ3) is 6.03. The maximum absolute atomic E-state index is 12.7. The van der Waals surface area contributed by atoms with Crippen LogP contribution in [0.2, 0.25) is 0 Å². The molecule has 1 aliphatic heterocycles. The van der Waals surface area contributed by atoms with Gasteiger partial charge in [0.2, 0.25) is 5.91 Å². The summed E-state index contributed by atoms with van der Waals surface area (Å²) in [7, 11) is 1.53. The van der Waals surface area contributed by atoms with Gasteiger partial charge in [-0.25, -0.2) is 4.98 Å². The molecule has 0 spiro atoms. The number of phenolic OH excluding ortho intramolecular Hbond substituents is 1. The van der Waals surface area contributed by atoms with Crippen LogP contribution in [-0.2, 0) is 11.2 Å². The second-order valence-corrected chi connectivity index (χ2v) is 8.72. The van der Waals surface area contributed by atoms with E-state index in [0.29, 0.717) is 17.2 Å². The average molecular weight is 416 g/mol. The molecule has 2 heterocycles. The van der Waals surface area contributed by atoms with Crippen molar-refractivity contribution in [2.45, 2.75) is 38.1 Å². The smallest absolute Gasteiger partial charge is 0.228 e. The number of phenols is 1. The molecule has 7 heteroatoms. The van der Waals surface area contributed by atoms with E-state index in [1.165, 1.54) is 13.2 Å². The van der Waals surface area contributed by atoms with Crippen LogP contribution in [0.5, 0.6) is 11.5 Å². The molecule has 1 fully saturated rings. The number of thioether (sulfide) groups is 1. The second kappa shape index (κ2) is 9.87. The lowest BCUT2D eigenvalue weighted by Crippen LogP contribution is -2.23. The number of carbonyl (C=O) groups is 1. The molecule has 1 aromatic carbocycles. The van der Waals surface area contributed by atoms with Gasteiger partial charge in [0.15, 0.2) is 5.82 Å². The number of pyridine rings is 1. The maximum atomic E-state index is 12.7. The minimum atomic E-state index is -0.150. The highest BCUT2D eigenvalue weighted by molar-refractivity contribution is 7.99. The summed E-state index contributed by atoms with van der Waals surface area (Å²) in [6.07, 6.45) is 2.43. The van der Waals surface area contributed by atoms with Crippen molar-refractivity contribution in [2.24, 2.45) is 5.92 Å². The number of methoxy groups -OCH3 is 1. The Morgan fingerprint density at radius 1 is 1.28 bits per heavy atom. The standard InChI is InChI=1S/C22H29N3O3S/c1-15(2)14-29-21-7-6-19(22(24-21)25-8-4-5-9-25)23-20(27)12-16-10-17(26)13-18(11-16)28-3/h6-7,10-11,13,15,26H,4-5,8-9,12,14H2,1-3H3,(H,23,27). The summed E-state index contributed by atoms with van der Waals surface area (Å²) >= 11 is 1.75. The zero-order valence-corrected chi connectivity index (χ0v) is 18.1.